The number of thioether (sulfide) groups is 2. The van der Waals surface area contributed by atoms with Crippen molar-refractivity contribution in [2.24, 2.45) is 0 Å². The second-order valence-corrected chi connectivity index (χ2v) is 6.04. The van der Waals surface area contributed by atoms with Crippen LogP contribution in [0.25, 0.3) is 0 Å². The normalized spacial score (nSPS) is 20.1. The number of pyridine rings is 1. The van der Waals surface area contributed by atoms with Gasteiger partial charge < -0.3 is 5.32 Å². The smallest absolute Gasteiger partial charge is 0.101 e. The van der Waals surface area contributed by atoms with E-state index in [0.717, 1.165) is 12.2 Å². The predicted molar refractivity (Wildman–Crippen MR) is 71.0 cm³/mol. The minimum atomic E-state index is 0.644. The van der Waals surface area contributed by atoms with Gasteiger partial charge in [0, 0.05) is 35.3 Å². The van der Waals surface area contributed by atoms with Crippen LogP contribution in [0.2, 0.25) is 0 Å². The summed E-state index contributed by atoms with van der Waals surface area (Å²) < 4.78 is 0. The summed E-state index contributed by atoms with van der Waals surface area (Å²) in [4.78, 5) is 4.03. The number of nitrogens with zero attached hydrogens (tertiary/aromatic N) is 2. The molecule has 0 radical (unpaired) electrons. The Morgan fingerprint density at radius 2 is 2.50 bits per heavy atom. The van der Waals surface area contributed by atoms with E-state index >= 15 is 0 Å². The van der Waals surface area contributed by atoms with Gasteiger partial charge in [-0.1, -0.05) is 0 Å². The molecule has 0 aromatic carbocycles. The van der Waals surface area contributed by atoms with E-state index in [1.54, 1.807) is 18.5 Å². The monoisotopic (exact) mass is 251 g/mol. The summed E-state index contributed by atoms with van der Waals surface area (Å²) in [5.74, 6) is 3.69. The van der Waals surface area contributed by atoms with Crippen LogP contribution in [0, 0.1) is 11.3 Å². The molecule has 16 heavy (non-hydrogen) atoms. The lowest BCUT2D eigenvalue weighted by Crippen LogP contribution is -2.23. The zero-order valence-electron chi connectivity index (χ0n) is 8.85. The molecule has 1 aliphatic heterocycles. The summed E-state index contributed by atoms with van der Waals surface area (Å²) in [5.41, 5.74) is 1.52. The second kappa shape index (κ2) is 6.02. The Labute approximate surface area is 104 Å². The molecule has 1 atom stereocenters. The van der Waals surface area contributed by atoms with Crippen LogP contribution in [0.15, 0.2) is 18.5 Å². The summed E-state index contributed by atoms with van der Waals surface area (Å²) in [5, 5.41) is 12.9. The molecule has 84 valence electrons. The number of rotatable bonds is 3. The van der Waals surface area contributed by atoms with Crippen LogP contribution in [0.3, 0.4) is 0 Å². The molecule has 2 rings (SSSR count). The van der Waals surface area contributed by atoms with E-state index in [2.05, 4.69) is 16.4 Å². The van der Waals surface area contributed by atoms with Crippen LogP contribution in [0.1, 0.15) is 5.56 Å². The van der Waals surface area contributed by atoms with Crippen molar-refractivity contribution in [3.63, 3.8) is 0 Å². The van der Waals surface area contributed by atoms with Crippen LogP contribution in [-0.4, -0.2) is 34.0 Å². The highest BCUT2D eigenvalue weighted by Gasteiger charge is 2.14. The minimum Gasteiger partial charge on any atom is -0.382 e. The van der Waals surface area contributed by atoms with Crippen molar-refractivity contribution in [2.75, 3.05) is 29.1 Å². The lowest BCUT2D eigenvalue weighted by Gasteiger charge is -2.21. The van der Waals surface area contributed by atoms with E-state index in [-0.39, 0.29) is 0 Å². The van der Waals surface area contributed by atoms with E-state index in [4.69, 9.17) is 5.26 Å². The first-order valence-electron chi connectivity index (χ1n) is 5.17. The third-order valence-corrected chi connectivity index (χ3v) is 5.19. The fraction of sp³-hybridized carbons (Fsp3) is 0.455. The molecule has 1 N–H and O–H groups in total. The lowest BCUT2D eigenvalue weighted by atomic mass is 10.2. The van der Waals surface area contributed by atoms with Gasteiger partial charge in [0.25, 0.3) is 0 Å². The number of anilines is 1. The number of hydrogen-bond acceptors (Lipinski definition) is 5. The molecule has 5 heteroatoms. The highest BCUT2D eigenvalue weighted by molar-refractivity contribution is 8.06. The maximum absolute atomic E-state index is 8.93. The predicted octanol–water partition coefficient (Wildman–Crippen LogP) is 2.21. The van der Waals surface area contributed by atoms with Gasteiger partial charge in [0.2, 0.25) is 0 Å². The SMILES string of the molecule is N#Cc1ccncc1NCC1CSCCS1. The number of nitrogens with one attached hydrogen (secondary N) is 1. The van der Waals surface area contributed by atoms with Crippen LogP contribution >= 0.6 is 23.5 Å². The first kappa shape index (κ1) is 11.6. The Bertz CT molecular complexity index is 383. The van der Waals surface area contributed by atoms with Gasteiger partial charge in [-0.05, 0) is 6.07 Å². The van der Waals surface area contributed by atoms with E-state index in [1.165, 1.54) is 17.3 Å². The molecule has 0 amide bonds. The fourth-order valence-electron chi connectivity index (χ4n) is 1.51. The lowest BCUT2D eigenvalue weighted by molar-refractivity contribution is 1.00. The average Bonchev–Trinajstić information content (AvgIpc) is 2.38. The molecule has 1 unspecified atom stereocenters. The van der Waals surface area contributed by atoms with Gasteiger partial charge in [-0.15, -0.1) is 0 Å². The Morgan fingerprint density at radius 1 is 1.56 bits per heavy atom. The molecular weight excluding hydrogens is 238 g/mol. The molecule has 3 nitrogen and oxygen atoms in total. The third-order valence-electron chi connectivity index (χ3n) is 2.35. The zero-order chi connectivity index (χ0) is 11.2. The highest BCUT2D eigenvalue weighted by Crippen LogP contribution is 2.24. The van der Waals surface area contributed by atoms with E-state index in [1.807, 2.05) is 23.5 Å². The summed E-state index contributed by atoms with van der Waals surface area (Å²) in [7, 11) is 0. The average molecular weight is 251 g/mol. The Balaban J connectivity index is 1.91. The van der Waals surface area contributed by atoms with E-state index < -0.39 is 0 Å². The Kier molecular flexibility index (Phi) is 4.37. The molecule has 0 saturated carbocycles. The van der Waals surface area contributed by atoms with Crippen molar-refractivity contribution < 1.29 is 0 Å². The van der Waals surface area contributed by atoms with Gasteiger partial charge in [0.15, 0.2) is 0 Å². The van der Waals surface area contributed by atoms with Crippen molar-refractivity contribution in [3.05, 3.63) is 24.0 Å². The molecule has 1 aliphatic rings. The largest absolute Gasteiger partial charge is 0.382 e. The molecule has 1 saturated heterocycles. The Hall–Kier alpha value is -0.860. The molecule has 0 bridgehead atoms. The van der Waals surface area contributed by atoms with Crippen LogP contribution in [-0.2, 0) is 0 Å². The van der Waals surface area contributed by atoms with Crippen molar-refractivity contribution >= 4 is 29.2 Å². The van der Waals surface area contributed by atoms with Crippen molar-refractivity contribution in [3.8, 4) is 6.07 Å². The Morgan fingerprint density at radius 3 is 3.25 bits per heavy atom. The number of hydrogen-bond donors (Lipinski definition) is 1. The molecule has 1 aromatic rings. The van der Waals surface area contributed by atoms with Crippen LogP contribution in [0.4, 0.5) is 5.69 Å². The van der Waals surface area contributed by atoms with Crippen molar-refractivity contribution in [1.82, 2.24) is 4.98 Å². The first-order chi connectivity index (χ1) is 7.90. The van der Waals surface area contributed by atoms with Crippen molar-refractivity contribution in [2.45, 2.75) is 5.25 Å². The van der Waals surface area contributed by atoms with E-state index in [0.29, 0.717) is 10.8 Å². The minimum absolute atomic E-state index is 0.644. The topological polar surface area (TPSA) is 48.7 Å². The molecule has 1 fully saturated rings. The highest BCUT2D eigenvalue weighted by atomic mass is 32.2. The summed E-state index contributed by atoms with van der Waals surface area (Å²) in [6, 6.07) is 3.91. The van der Waals surface area contributed by atoms with Gasteiger partial charge in [-0.2, -0.15) is 28.8 Å². The van der Waals surface area contributed by atoms with Gasteiger partial charge in [0.1, 0.15) is 6.07 Å². The molecular formula is C11H13N3S2. The number of aromatic nitrogens is 1. The molecule has 2 heterocycles. The van der Waals surface area contributed by atoms with Gasteiger partial charge in [-0.25, -0.2) is 0 Å². The fourth-order valence-corrected chi connectivity index (χ4v) is 4.12. The summed E-state index contributed by atoms with van der Waals surface area (Å²) >= 11 is 4.02. The van der Waals surface area contributed by atoms with Crippen LogP contribution < -0.4 is 5.32 Å². The standard InChI is InChI=1S/C11H13N3S2/c12-5-9-1-2-13-7-11(9)14-6-10-8-15-3-4-16-10/h1-2,7,10,14H,3-4,6,8H2. The maximum atomic E-state index is 8.93. The molecule has 0 spiro atoms. The molecule has 0 aliphatic carbocycles. The quantitative estimate of drug-likeness (QED) is 0.892. The van der Waals surface area contributed by atoms with Gasteiger partial charge >= 0.3 is 0 Å². The molecule has 1 aromatic heterocycles. The van der Waals surface area contributed by atoms with Crippen LogP contribution in [0.5, 0.6) is 0 Å². The second-order valence-electron chi connectivity index (χ2n) is 3.48. The number of nitriles is 1. The van der Waals surface area contributed by atoms with Gasteiger partial charge in [0.05, 0.1) is 17.4 Å². The maximum Gasteiger partial charge on any atom is 0.101 e. The summed E-state index contributed by atoms with van der Waals surface area (Å²) in [6.45, 7) is 0.915. The van der Waals surface area contributed by atoms with Gasteiger partial charge in [-0.3, -0.25) is 4.98 Å². The summed E-state index contributed by atoms with van der Waals surface area (Å²) in [6.07, 6.45) is 3.37. The first-order valence-corrected chi connectivity index (χ1v) is 7.38. The van der Waals surface area contributed by atoms with E-state index in [9.17, 15) is 0 Å². The third kappa shape index (κ3) is 3.06. The zero-order valence-corrected chi connectivity index (χ0v) is 10.5. The van der Waals surface area contributed by atoms with Crippen molar-refractivity contribution in [1.29, 1.82) is 5.26 Å².